The Balaban J connectivity index is 2.03. The molecule has 3 rings (SSSR count). The lowest BCUT2D eigenvalue weighted by Gasteiger charge is -2.28. The highest BCUT2D eigenvalue weighted by atomic mass is 35.5. The standard InChI is InChI=1S/C18H14Cl2FNO3S/c1-25-18(24)15-9-26-17(10-6-7-12(19)13(20)8-10)22(15)16(23)11-4-2-3-5-14(11)21/h2-8,15,17H,9H2,1H3. The van der Waals surface area contributed by atoms with Crippen molar-refractivity contribution in [2.45, 2.75) is 11.4 Å². The van der Waals surface area contributed by atoms with Gasteiger partial charge < -0.3 is 9.64 Å². The number of nitrogens with zero attached hydrogens (tertiary/aromatic N) is 1. The maximum atomic E-state index is 14.1. The molecule has 0 aromatic heterocycles. The monoisotopic (exact) mass is 413 g/mol. The number of carbonyl (C=O) groups excluding carboxylic acids is 2. The second kappa shape index (κ2) is 7.86. The van der Waals surface area contributed by atoms with Gasteiger partial charge in [-0.1, -0.05) is 41.4 Å². The summed E-state index contributed by atoms with van der Waals surface area (Å²) < 4.78 is 19.0. The quantitative estimate of drug-likeness (QED) is 0.691. The number of esters is 1. The molecule has 1 saturated heterocycles. The normalized spacial score (nSPS) is 19.5. The number of benzene rings is 2. The summed E-state index contributed by atoms with van der Waals surface area (Å²) in [6.07, 6.45) is 0. The minimum atomic E-state index is -0.823. The smallest absolute Gasteiger partial charge is 0.329 e. The van der Waals surface area contributed by atoms with Crippen molar-refractivity contribution in [1.82, 2.24) is 4.90 Å². The fourth-order valence-electron chi connectivity index (χ4n) is 2.77. The Labute approximate surface area is 164 Å². The number of ether oxygens (including phenoxy) is 1. The van der Waals surface area contributed by atoms with Crippen molar-refractivity contribution in [2.24, 2.45) is 0 Å². The number of rotatable bonds is 3. The van der Waals surface area contributed by atoms with E-state index in [1.165, 1.54) is 42.0 Å². The van der Waals surface area contributed by atoms with Crippen LogP contribution in [0.1, 0.15) is 21.3 Å². The van der Waals surface area contributed by atoms with Gasteiger partial charge in [0.1, 0.15) is 17.2 Å². The molecule has 0 radical (unpaired) electrons. The van der Waals surface area contributed by atoms with Crippen LogP contribution >= 0.6 is 35.0 Å². The zero-order valence-corrected chi connectivity index (χ0v) is 15.9. The molecule has 8 heteroatoms. The minimum absolute atomic E-state index is 0.103. The predicted octanol–water partition coefficient (Wildman–Crippen LogP) is 4.56. The number of hydrogen-bond donors (Lipinski definition) is 0. The number of hydrogen-bond acceptors (Lipinski definition) is 4. The van der Waals surface area contributed by atoms with E-state index >= 15 is 0 Å². The number of carbonyl (C=O) groups is 2. The van der Waals surface area contributed by atoms with Crippen LogP contribution in [0.2, 0.25) is 10.0 Å². The predicted molar refractivity (Wildman–Crippen MR) is 100 cm³/mol. The highest BCUT2D eigenvalue weighted by Crippen LogP contribution is 2.43. The lowest BCUT2D eigenvalue weighted by atomic mass is 10.1. The van der Waals surface area contributed by atoms with E-state index in [2.05, 4.69) is 0 Å². The summed E-state index contributed by atoms with van der Waals surface area (Å²) in [6.45, 7) is 0. The third-order valence-electron chi connectivity index (χ3n) is 4.04. The molecule has 0 aliphatic carbocycles. The molecule has 26 heavy (non-hydrogen) atoms. The molecule has 1 fully saturated rings. The van der Waals surface area contributed by atoms with E-state index in [0.717, 1.165) is 0 Å². The van der Waals surface area contributed by atoms with Crippen LogP contribution < -0.4 is 0 Å². The van der Waals surface area contributed by atoms with Crippen molar-refractivity contribution in [3.63, 3.8) is 0 Å². The molecule has 0 spiro atoms. The lowest BCUT2D eigenvalue weighted by Crippen LogP contribution is -2.43. The summed E-state index contributed by atoms with van der Waals surface area (Å²) in [6, 6.07) is 9.84. The van der Waals surface area contributed by atoms with Crippen LogP contribution in [-0.4, -0.2) is 35.7 Å². The Morgan fingerprint density at radius 3 is 2.58 bits per heavy atom. The highest BCUT2D eigenvalue weighted by molar-refractivity contribution is 7.99. The topological polar surface area (TPSA) is 46.6 Å². The Kier molecular flexibility index (Phi) is 5.75. The molecular formula is C18H14Cl2FNO3S. The molecule has 136 valence electrons. The fourth-order valence-corrected chi connectivity index (χ4v) is 4.48. The van der Waals surface area contributed by atoms with Gasteiger partial charge in [-0.15, -0.1) is 11.8 Å². The fraction of sp³-hybridized carbons (Fsp3) is 0.222. The van der Waals surface area contributed by atoms with Crippen molar-refractivity contribution in [3.8, 4) is 0 Å². The lowest BCUT2D eigenvalue weighted by molar-refractivity contribution is -0.145. The highest BCUT2D eigenvalue weighted by Gasteiger charge is 2.43. The van der Waals surface area contributed by atoms with Gasteiger partial charge in [-0.25, -0.2) is 9.18 Å². The number of halogens is 3. The number of methoxy groups -OCH3 is 1. The van der Waals surface area contributed by atoms with E-state index < -0.39 is 29.1 Å². The van der Waals surface area contributed by atoms with Crippen molar-refractivity contribution >= 4 is 46.8 Å². The van der Waals surface area contributed by atoms with Crippen LogP contribution in [0.4, 0.5) is 4.39 Å². The molecule has 4 nitrogen and oxygen atoms in total. The molecule has 1 aliphatic rings. The van der Waals surface area contributed by atoms with Crippen LogP contribution in [0.25, 0.3) is 0 Å². The first-order valence-corrected chi connectivity index (χ1v) is 9.46. The third kappa shape index (κ3) is 3.54. The summed E-state index contributed by atoms with van der Waals surface area (Å²) in [5, 5.41) is 0.209. The van der Waals surface area contributed by atoms with E-state index in [0.29, 0.717) is 21.4 Å². The van der Waals surface area contributed by atoms with Gasteiger partial charge in [0.25, 0.3) is 5.91 Å². The van der Waals surface area contributed by atoms with E-state index in [1.807, 2.05) is 0 Å². The Morgan fingerprint density at radius 1 is 1.19 bits per heavy atom. The number of thioether (sulfide) groups is 1. The zero-order chi connectivity index (χ0) is 18.8. The molecular weight excluding hydrogens is 400 g/mol. The first kappa shape index (κ1) is 19.0. The molecule has 1 amide bonds. The molecule has 0 bridgehead atoms. The Bertz CT molecular complexity index is 864. The Hall–Kier alpha value is -1.76. The van der Waals surface area contributed by atoms with Crippen molar-refractivity contribution in [1.29, 1.82) is 0 Å². The average molecular weight is 414 g/mol. The summed E-state index contributed by atoms with van der Waals surface area (Å²) in [5.74, 6) is -1.45. The molecule has 1 heterocycles. The summed E-state index contributed by atoms with van der Waals surface area (Å²) in [4.78, 5) is 26.6. The maximum absolute atomic E-state index is 14.1. The van der Waals surface area contributed by atoms with Crippen molar-refractivity contribution in [3.05, 3.63) is 69.5 Å². The molecule has 2 atom stereocenters. The van der Waals surface area contributed by atoms with Gasteiger partial charge >= 0.3 is 5.97 Å². The van der Waals surface area contributed by atoms with Crippen LogP contribution in [-0.2, 0) is 9.53 Å². The van der Waals surface area contributed by atoms with Gasteiger partial charge in [0, 0.05) is 5.75 Å². The molecule has 2 aromatic rings. The summed E-state index contributed by atoms with van der Waals surface area (Å²) in [5.41, 5.74) is 0.592. The van der Waals surface area contributed by atoms with Crippen LogP contribution in [0, 0.1) is 5.82 Å². The zero-order valence-electron chi connectivity index (χ0n) is 13.6. The van der Waals surface area contributed by atoms with E-state index in [9.17, 15) is 14.0 Å². The maximum Gasteiger partial charge on any atom is 0.329 e. The Morgan fingerprint density at radius 2 is 1.92 bits per heavy atom. The molecule has 2 aromatic carbocycles. The first-order chi connectivity index (χ1) is 12.4. The second-order valence-electron chi connectivity index (χ2n) is 5.59. The van der Waals surface area contributed by atoms with E-state index in [-0.39, 0.29) is 5.56 Å². The third-order valence-corrected chi connectivity index (χ3v) is 6.10. The molecule has 0 N–H and O–H groups in total. The molecule has 0 saturated carbocycles. The number of amides is 1. The largest absolute Gasteiger partial charge is 0.467 e. The van der Waals surface area contributed by atoms with Gasteiger partial charge in [-0.05, 0) is 29.8 Å². The first-order valence-electron chi connectivity index (χ1n) is 7.65. The van der Waals surface area contributed by atoms with Crippen molar-refractivity contribution < 1.29 is 18.7 Å². The van der Waals surface area contributed by atoms with Gasteiger partial charge in [-0.3, -0.25) is 4.79 Å². The van der Waals surface area contributed by atoms with E-state index in [1.54, 1.807) is 24.3 Å². The minimum Gasteiger partial charge on any atom is -0.467 e. The molecule has 1 aliphatic heterocycles. The summed E-state index contributed by atoms with van der Waals surface area (Å²) >= 11 is 13.4. The van der Waals surface area contributed by atoms with Gasteiger partial charge in [0.15, 0.2) is 0 Å². The van der Waals surface area contributed by atoms with E-state index in [4.69, 9.17) is 27.9 Å². The second-order valence-corrected chi connectivity index (χ2v) is 7.52. The van der Waals surface area contributed by atoms with Gasteiger partial charge in [0.05, 0.1) is 22.7 Å². The van der Waals surface area contributed by atoms with Gasteiger partial charge in [0.2, 0.25) is 0 Å². The van der Waals surface area contributed by atoms with Crippen LogP contribution in [0.15, 0.2) is 42.5 Å². The SMILES string of the molecule is COC(=O)C1CSC(c2ccc(Cl)c(Cl)c2)N1C(=O)c1ccccc1F. The van der Waals surface area contributed by atoms with Crippen LogP contribution in [0.3, 0.4) is 0 Å². The van der Waals surface area contributed by atoms with Crippen molar-refractivity contribution in [2.75, 3.05) is 12.9 Å². The molecule has 2 unspecified atom stereocenters. The van der Waals surface area contributed by atoms with Gasteiger partial charge in [-0.2, -0.15) is 0 Å². The average Bonchev–Trinajstić information content (AvgIpc) is 3.08. The van der Waals surface area contributed by atoms with Crippen LogP contribution in [0.5, 0.6) is 0 Å². The summed E-state index contributed by atoms with van der Waals surface area (Å²) in [7, 11) is 1.26.